The number of hydrogen-bond donors (Lipinski definition) is 1. The van der Waals surface area contributed by atoms with Crippen molar-refractivity contribution in [2.75, 3.05) is 13.2 Å². The van der Waals surface area contributed by atoms with Gasteiger partial charge in [0, 0.05) is 0 Å². The van der Waals surface area contributed by atoms with Crippen LogP contribution in [0.3, 0.4) is 0 Å². The van der Waals surface area contributed by atoms with E-state index in [0.717, 1.165) is 5.56 Å². The van der Waals surface area contributed by atoms with Gasteiger partial charge in [0.15, 0.2) is 24.6 Å². The lowest BCUT2D eigenvalue weighted by Crippen LogP contribution is -2.63. The van der Waals surface area contributed by atoms with Crippen LogP contribution in [0, 0.1) is 0 Å². The van der Waals surface area contributed by atoms with Gasteiger partial charge >= 0.3 is 29.8 Å². The zero-order valence-electron chi connectivity index (χ0n) is 36.8. The van der Waals surface area contributed by atoms with Gasteiger partial charge in [-0.3, -0.25) is 0 Å². The lowest BCUT2D eigenvalue weighted by Gasteiger charge is -2.45. The summed E-state index contributed by atoms with van der Waals surface area (Å²) in [6, 6.07) is 49.2. The average molecular weight is 935 g/mol. The van der Waals surface area contributed by atoms with Gasteiger partial charge in [0.1, 0.15) is 31.2 Å². The molecule has 15 nitrogen and oxygen atoms in total. The number of hydrogen-bond acceptors (Lipinski definition) is 15. The molecule has 15 heteroatoms. The van der Waals surface area contributed by atoms with Crippen molar-refractivity contribution < 1.29 is 71.7 Å². The van der Waals surface area contributed by atoms with Gasteiger partial charge in [-0.1, -0.05) is 121 Å². The van der Waals surface area contributed by atoms with Crippen LogP contribution in [-0.2, 0) is 49.2 Å². The average Bonchev–Trinajstić information content (AvgIpc) is 3.40. The largest absolute Gasteiger partial charge is 0.462 e. The summed E-state index contributed by atoms with van der Waals surface area (Å²) in [6.45, 7) is -1.02. The number of rotatable bonds is 17. The van der Waals surface area contributed by atoms with Crippen LogP contribution in [-0.4, -0.2) is 97.4 Å². The molecular weight excluding hydrogens is 889 g/mol. The van der Waals surface area contributed by atoms with E-state index in [1.165, 1.54) is 54.6 Å². The second-order valence-electron chi connectivity index (χ2n) is 15.7. The topological polar surface area (TPSA) is 189 Å². The molecule has 0 amide bonds. The molecular formula is C54H46O15. The first-order valence-electron chi connectivity index (χ1n) is 22.0. The number of aliphatic hydroxyl groups excluding tert-OH is 1. The van der Waals surface area contributed by atoms with E-state index in [4.69, 9.17) is 42.6 Å². The second-order valence-corrected chi connectivity index (χ2v) is 15.7. The van der Waals surface area contributed by atoms with Crippen LogP contribution in [0.25, 0.3) is 0 Å². The number of benzene rings is 6. The standard InChI is InChI=1S/C54H46O15/c55-44-42(31-41(33-61-48(56)36-21-9-2-10-22-36)64-53(44)63-32-35-19-7-1-8-20-35)65-54-47(69-52(60)40-29-17-6-18-30-40)46(68-51(59)39-27-15-5-16-28-39)45(67-50(58)38-25-13-4-14-26-38)43(66-54)34-62-49(57)37-23-11-3-12-24-37/h1-31,41,43-47,53-55H,32-34H2/t41?,43?,44?,45-,46-,47?,53+,54+/m0/s1. The van der Waals surface area contributed by atoms with Gasteiger partial charge in [0.2, 0.25) is 12.4 Å². The Morgan fingerprint density at radius 1 is 0.435 bits per heavy atom. The van der Waals surface area contributed by atoms with Crippen LogP contribution in [0.2, 0.25) is 0 Å². The first kappa shape index (κ1) is 47.5. The molecule has 0 bridgehead atoms. The van der Waals surface area contributed by atoms with Crippen molar-refractivity contribution >= 4 is 29.8 Å². The minimum absolute atomic E-state index is 0.0234. The predicted octanol–water partition coefficient (Wildman–Crippen LogP) is 7.31. The molecule has 0 aromatic heterocycles. The SMILES string of the molecule is O=C(OCC1C=C(O[C@@H]2OC(COC(=O)c3ccccc3)[C@H](OC(=O)c3ccccc3)[C@H](OC(=O)c3ccccc3)C2OC(=O)c2ccccc2)C(O)[C@H](OCc2ccccc2)O1)c1ccccc1. The van der Waals surface area contributed by atoms with E-state index < -0.39 is 85.7 Å². The third-order valence-corrected chi connectivity index (χ3v) is 10.8. The van der Waals surface area contributed by atoms with Gasteiger partial charge < -0.3 is 47.7 Å². The van der Waals surface area contributed by atoms with Gasteiger partial charge in [-0.2, -0.15) is 0 Å². The first-order valence-corrected chi connectivity index (χ1v) is 22.0. The molecule has 8 rings (SSSR count). The quantitative estimate of drug-likeness (QED) is 0.0708. The van der Waals surface area contributed by atoms with E-state index in [1.807, 2.05) is 30.3 Å². The maximum Gasteiger partial charge on any atom is 0.338 e. The molecule has 1 N–H and O–H groups in total. The van der Waals surface area contributed by atoms with Crippen LogP contribution in [0.15, 0.2) is 194 Å². The summed E-state index contributed by atoms with van der Waals surface area (Å²) in [5.41, 5.74) is 1.49. The maximum atomic E-state index is 14.1. The number of carbonyl (C=O) groups is 5. The summed E-state index contributed by atoms with van der Waals surface area (Å²) in [5.74, 6) is -4.39. The van der Waals surface area contributed by atoms with E-state index in [0.29, 0.717) is 0 Å². The van der Waals surface area contributed by atoms with Crippen molar-refractivity contribution in [2.45, 2.75) is 55.8 Å². The number of esters is 5. The van der Waals surface area contributed by atoms with Gasteiger partial charge in [0.05, 0.1) is 34.4 Å². The fourth-order valence-electron chi connectivity index (χ4n) is 7.35. The molecule has 0 aliphatic carbocycles. The summed E-state index contributed by atoms with van der Waals surface area (Å²) < 4.78 is 55.1. The highest BCUT2D eigenvalue weighted by atomic mass is 16.7. The number of carbonyl (C=O) groups excluding carboxylic acids is 5. The molecule has 352 valence electrons. The zero-order chi connectivity index (χ0) is 48.0. The molecule has 0 radical (unpaired) electrons. The molecule has 0 spiro atoms. The maximum absolute atomic E-state index is 14.1. The van der Waals surface area contributed by atoms with E-state index in [9.17, 15) is 29.1 Å². The lowest BCUT2D eigenvalue weighted by atomic mass is 9.97. The Hall–Kier alpha value is -7.95. The van der Waals surface area contributed by atoms with Gasteiger partial charge in [0.25, 0.3) is 0 Å². The minimum Gasteiger partial charge on any atom is -0.462 e. The summed E-state index contributed by atoms with van der Waals surface area (Å²) in [6.07, 6.45) is -11.4. The summed E-state index contributed by atoms with van der Waals surface area (Å²) in [4.78, 5) is 68.7. The van der Waals surface area contributed by atoms with Crippen molar-refractivity contribution in [1.29, 1.82) is 0 Å². The minimum atomic E-state index is -1.82. The van der Waals surface area contributed by atoms with Crippen molar-refractivity contribution in [2.24, 2.45) is 0 Å². The third kappa shape index (κ3) is 12.5. The molecule has 2 heterocycles. The van der Waals surface area contributed by atoms with Crippen molar-refractivity contribution in [3.63, 3.8) is 0 Å². The fraction of sp³-hybridized carbons (Fsp3) is 0.204. The van der Waals surface area contributed by atoms with Gasteiger partial charge in [-0.25, -0.2) is 24.0 Å². The Balaban J connectivity index is 1.18. The van der Waals surface area contributed by atoms with Crippen LogP contribution in [0.5, 0.6) is 0 Å². The molecule has 0 saturated carbocycles. The highest BCUT2D eigenvalue weighted by Crippen LogP contribution is 2.35. The van der Waals surface area contributed by atoms with E-state index in [2.05, 4.69) is 0 Å². The van der Waals surface area contributed by atoms with E-state index >= 15 is 0 Å². The highest BCUT2D eigenvalue weighted by molar-refractivity contribution is 5.92. The monoisotopic (exact) mass is 934 g/mol. The van der Waals surface area contributed by atoms with Crippen molar-refractivity contribution in [1.82, 2.24) is 0 Å². The smallest absolute Gasteiger partial charge is 0.338 e. The zero-order valence-corrected chi connectivity index (χ0v) is 36.8. The van der Waals surface area contributed by atoms with Gasteiger partial charge in [-0.15, -0.1) is 0 Å². The summed E-state index contributed by atoms with van der Waals surface area (Å²) in [7, 11) is 0. The molecule has 1 saturated heterocycles. The first-order chi connectivity index (χ1) is 33.7. The second kappa shape index (κ2) is 23.2. The van der Waals surface area contributed by atoms with Crippen molar-refractivity contribution in [3.05, 3.63) is 227 Å². The Labute approximate surface area is 396 Å². The van der Waals surface area contributed by atoms with E-state index in [1.54, 1.807) is 103 Å². The Bertz CT molecular complexity index is 2670. The normalized spacial score (nSPS) is 21.9. The van der Waals surface area contributed by atoms with Crippen molar-refractivity contribution in [3.8, 4) is 0 Å². The van der Waals surface area contributed by atoms with Crippen LogP contribution in [0.4, 0.5) is 0 Å². The Kier molecular flexibility index (Phi) is 16.0. The molecule has 6 aromatic rings. The molecule has 1 fully saturated rings. The molecule has 8 atom stereocenters. The number of aliphatic hydroxyl groups is 1. The van der Waals surface area contributed by atoms with E-state index in [-0.39, 0.29) is 46.8 Å². The molecule has 2 aliphatic rings. The Morgan fingerprint density at radius 2 is 0.826 bits per heavy atom. The van der Waals surface area contributed by atoms with Crippen LogP contribution < -0.4 is 0 Å². The predicted molar refractivity (Wildman–Crippen MR) is 244 cm³/mol. The molecule has 6 aromatic carbocycles. The summed E-state index contributed by atoms with van der Waals surface area (Å²) in [5, 5.41) is 11.9. The van der Waals surface area contributed by atoms with Crippen LogP contribution in [0.1, 0.15) is 57.4 Å². The molecule has 2 aliphatic heterocycles. The fourth-order valence-corrected chi connectivity index (χ4v) is 7.35. The van der Waals surface area contributed by atoms with Gasteiger partial charge in [-0.05, 0) is 72.3 Å². The highest BCUT2D eigenvalue weighted by Gasteiger charge is 2.55. The third-order valence-electron chi connectivity index (χ3n) is 10.8. The number of ether oxygens (including phenoxy) is 9. The Morgan fingerprint density at radius 3 is 1.29 bits per heavy atom. The van der Waals surface area contributed by atoms with Crippen LogP contribution >= 0.6 is 0 Å². The molecule has 4 unspecified atom stereocenters. The lowest BCUT2D eigenvalue weighted by molar-refractivity contribution is -0.299. The summed E-state index contributed by atoms with van der Waals surface area (Å²) >= 11 is 0. The molecule has 69 heavy (non-hydrogen) atoms.